The molecule has 3 aromatic rings. The number of carbonyl (C=O) groups is 1. The molecule has 39 heavy (non-hydrogen) atoms. The number of halogens is 4. The Morgan fingerprint density at radius 2 is 1.64 bits per heavy atom. The fourth-order valence-electron chi connectivity index (χ4n) is 4.08. The third-order valence-corrected chi connectivity index (χ3v) is 10.7. The van der Waals surface area contributed by atoms with Gasteiger partial charge in [-0.1, -0.05) is 58.5 Å². The van der Waals surface area contributed by atoms with Gasteiger partial charge in [0.2, 0.25) is 15.9 Å². The van der Waals surface area contributed by atoms with Crippen molar-refractivity contribution in [2.45, 2.75) is 23.5 Å². The summed E-state index contributed by atoms with van der Waals surface area (Å²) in [5.74, 6) is -1.25. The number of sulfonamides is 2. The first-order valence-corrected chi connectivity index (χ1v) is 16.3. The van der Waals surface area contributed by atoms with Crippen LogP contribution in [0.4, 0.5) is 11.4 Å². The fraction of sp³-hybridized carbons (Fsp3) is 0.240. The summed E-state index contributed by atoms with van der Waals surface area (Å²) in [6.07, 6.45) is 1.02. The summed E-state index contributed by atoms with van der Waals surface area (Å²) in [5.41, 5.74) is 0.930. The summed E-state index contributed by atoms with van der Waals surface area (Å²) >= 11 is 24.1. The lowest BCUT2D eigenvalue weighted by molar-refractivity contribution is -0.120. The Morgan fingerprint density at radius 3 is 2.33 bits per heavy atom. The largest absolute Gasteiger partial charge is 0.326 e. The molecule has 0 bridgehead atoms. The van der Waals surface area contributed by atoms with E-state index in [2.05, 4.69) is 10.0 Å². The molecule has 14 heteroatoms. The smallest absolute Gasteiger partial charge is 0.261 e. The Kier molecular flexibility index (Phi) is 9.37. The minimum absolute atomic E-state index is 0.0240. The van der Waals surface area contributed by atoms with Gasteiger partial charge in [0, 0.05) is 28.8 Å². The molecule has 1 atom stereocenters. The second-order valence-electron chi connectivity index (χ2n) is 8.91. The van der Waals surface area contributed by atoms with E-state index in [-0.39, 0.29) is 43.9 Å². The first-order valence-electron chi connectivity index (χ1n) is 11.7. The van der Waals surface area contributed by atoms with Crippen LogP contribution in [-0.4, -0.2) is 40.1 Å². The topological polar surface area (TPSA) is 113 Å². The molecule has 1 aliphatic heterocycles. The molecule has 1 aliphatic rings. The summed E-state index contributed by atoms with van der Waals surface area (Å²) < 4.78 is 55.3. The number of anilines is 2. The summed E-state index contributed by atoms with van der Waals surface area (Å²) in [5, 5.41) is 3.69. The van der Waals surface area contributed by atoms with Crippen LogP contribution < -0.4 is 10.0 Å². The average molecular weight is 651 g/mol. The highest BCUT2D eigenvalue weighted by Gasteiger charge is 2.33. The lowest BCUT2D eigenvalue weighted by Gasteiger charge is -2.31. The molecule has 0 aromatic heterocycles. The Balaban J connectivity index is 1.40. The van der Waals surface area contributed by atoms with E-state index in [1.807, 2.05) is 0 Å². The van der Waals surface area contributed by atoms with E-state index in [4.69, 9.17) is 46.4 Å². The van der Waals surface area contributed by atoms with Gasteiger partial charge in [0.25, 0.3) is 10.0 Å². The van der Waals surface area contributed by atoms with E-state index in [0.29, 0.717) is 35.7 Å². The molecule has 3 aromatic carbocycles. The molecular weight excluding hydrogens is 628 g/mol. The molecule has 208 valence electrons. The molecule has 0 spiro atoms. The third kappa shape index (κ3) is 7.38. The maximum Gasteiger partial charge on any atom is 0.261 e. The highest BCUT2D eigenvalue weighted by Crippen LogP contribution is 2.31. The van der Waals surface area contributed by atoms with Crippen molar-refractivity contribution in [2.75, 3.05) is 23.1 Å². The number of amides is 1. The number of piperidine rings is 1. The number of carbonyl (C=O) groups excluding carboxylic acids is 1. The Hall–Kier alpha value is -2.05. The summed E-state index contributed by atoms with van der Waals surface area (Å²) in [6, 6.07) is 14.8. The quantitative estimate of drug-likeness (QED) is 0.298. The Morgan fingerprint density at radius 1 is 0.923 bits per heavy atom. The predicted molar refractivity (Wildman–Crippen MR) is 156 cm³/mol. The van der Waals surface area contributed by atoms with Gasteiger partial charge in [-0.2, -0.15) is 0 Å². The fourth-order valence-corrected chi connectivity index (χ4v) is 7.76. The Bertz CT molecular complexity index is 1600. The van der Waals surface area contributed by atoms with Gasteiger partial charge in [-0.15, -0.1) is 0 Å². The van der Waals surface area contributed by atoms with Gasteiger partial charge in [-0.3, -0.25) is 9.52 Å². The number of hydrogen-bond donors (Lipinski definition) is 2. The maximum atomic E-state index is 13.0. The van der Waals surface area contributed by atoms with Crippen molar-refractivity contribution in [1.82, 2.24) is 4.31 Å². The second-order valence-corrected chi connectivity index (χ2v) is 14.2. The van der Waals surface area contributed by atoms with Crippen molar-refractivity contribution in [3.63, 3.8) is 0 Å². The highest BCUT2D eigenvalue weighted by molar-refractivity contribution is 7.92. The standard InChI is InChI=1S/C25H23Cl4N3O5S2/c26-18-7-6-17(22(28)13-18)15-38(34,35)32-12-2-3-16(14-32)25(33)30-19-8-10-20(11-9-19)39(36,37)31-23-5-1-4-21(27)24(23)29/h1,4-11,13,16,31H,2-3,12,14-15H2,(H,30,33). The minimum atomic E-state index is -3.97. The molecule has 1 saturated heterocycles. The van der Waals surface area contributed by atoms with Crippen LogP contribution in [0, 0.1) is 5.92 Å². The van der Waals surface area contributed by atoms with Gasteiger partial charge in [-0.25, -0.2) is 21.1 Å². The molecule has 1 fully saturated rings. The third-order valence-electron chi connectivity index (χ3n) is 6.13. The summed E-state index contributed by atoms with van der Waals surface area (Å²) in [7, 11) is -7.70. The average Bonchev–Trinajstić information content (AvgIpc) is 2.89. The number of nitrogens with zero attached hydrogens (tertiary/aromatic N) is 1. The van der Waals surface area contributed by atoms with E-state index in [9.17, 15) is 21.6 Å². The van der Waals surface area contributed by atoms with Gasteiger partial charge < -0.3 is 5.32 Å². The molecule has 0 radical (unpaired) electrons. The van der Waals surface area contributed by atoms with Crippen LogP contribution in [0.25, 0.3) is 0 Å². The SMILES string of the molecule is O=C(Nc1ccc(S(=O)(=O)Nc2cccc(Cl)c2Cl)cc1)C1CCCN(S(=O)(=O)Cc2ccc(Cl)cc2Cl)C1. The van der Waals surface area contributed by atoms with Crippen molar-refractivity contribution in [3.05, 3.63) is 86.3 Å². The molecule has 4 rings (SSSR count). The molecular formula is C25H23Cl4N3O5S2. The number of benzene rings is 3. The zero-order chi connectivity index (χ0) is 28.4. The molecule has 0 saturated carbocycles. The van der Waals surface area contributed by atoms with Crippen LogP contribution in [0.3, 0.4) is 0 Å². The van der Waals surface area contributed by atoms with Crippen molar-refractivity contribution in [2.24, 2.45) is 5.92 Å². The normalized spacial score (nSPS) is 16.6. The molecule has 1 amide bonds. The van der Waals surface area contributed by atoms with Crippen molar-refractivity contribution in [1.29, 1.82) is 0 Å². The van der Waals surface area contributed by atoms with Gasteiger partial charge in [0.05, 0.1) is 32.3 Å². The van der Waals surface area contributed by atoms with Crippen molar-refractivity contribution < 1.29 is 21.6 Å². The van der Waals surface area contributed by atoms with Crippen LogP contribution in [0.15, 0.2) is 65.6 Å². The first kappa shape index (κ1) is 29.9. The van der Waals surface area contributed by atoms with E-state index in [1.54, 1.807) is 18.2 Å². The van der Waals surface area contributed by atoms with Crippen LogP contribution in [0.2, 0.25) is 20.1 Å². The van der Waals surface area contributed by atoms with Gasteiger partial charge in [-0.05, 0) is 66.9 Å². The molecule has 8 nitrogen and oxygen atoms in total. The first-order chi connectivity index (χ1) is 18.4. The Labute approximate surface area is 247 Å². The maximum absolute atomic E-state index is 13.0. The van der Waals surface area contributed by atoms with E-state index >= 15 is 0 Å². The van der Waals surface area contributed by atoms with Gasteiger partial charge >= 0.3 is 0 Å². The highest BCUT2D eigenvalue weighted by atomic mass is 35.5. The number of rotatable bonds is 8. The molecule has 1 unspecified atom stereocenters. The van der Waals surface area contributed by atoms with Gasteiger partial charge in [0.15, 0.2) is 0 Å². The molecule has 0 aliphatic carbocycles. The van der Waals surface area contributed by atoms with Crippen molar-refractivity contribution >= 4 is 83.7 Å². The summed E-state index contributed by atoms with van der Waals surface area (Å²) in [4.78, 5) is 12.9. The van der Waals surface area contributed by atoms with E-state index in [1.165, 1.54) is 46.8 Å². The zero-order valence-corrected chi connectivity index (χ0v) is 24.9. The van der Waals surface area contributed by atoms with Crippen molar-refractivity contribution in [3.8, 4) is 0 Å². The minimum Gasteiger partial charge on any atom is -0.326 e. The number of nitrogens with one attached hydrogen (secondary N) is 2. The number of hydrogen-bond acceptors (Lipinski definition) is 5. The van der Waals surface area contributed by atoms with Gasteiger partial charge in [0.1, 0.15) is 0 Å². The lowest BCUT2D eigenvalue weighted by Crippen LogP contribution is -2.44. The lowest BCUT2D eigenvalue weighted by atomic mass is 9.99. The second kappa shape index (κ2) is 12.2. The molecule has 1 heterocycles. The predicted octanol–water partition coefficient (Wildman–Crippen LogP) is 6.28. The zero-order valence-electron chi connectivity index (χ0n) is 20.2. The molecule has 2 N–H and O–H groups in total. The van der Waals surface area contributed by atoms with Crippen LogP contribution in [0.1, 0.15) is 18.4 Å². The van der Waals surface area contributed by atoms with Crippen LogP contribution in [0.5, 0.6) is 0 Å². The van der Waals surface area contributed by atoms with Crippen LogP contribution in [-0.2, 0) is 30.6 Å². The van der Waals surface area contributed by atoms with Crippen LogP contribution >= 0.6 is 46.4 Å². The summed E-state index contributed by atoms with van der Waals surface area (Å²) in [6.45, 7) is 0.323. The van der Waals surface area contributed by atoms with E-state index < -0.39 is 26.0 Å². The monoisotopic (exact) mass is 649 g/mol. The van der Waals surface area contributed by atoms with E-state index in [0.717, 1.165) is 0 Å².